The Hall–Kier alpha value is -2.15. The first kappa shape index (κ1) is 40.9. The van der Waals surface area contributed by atoms with Crippen molar-refractivity contribution >= 4 is 19.3 Å². The van der Waals surface area contributed by atoms with Crippen molar-refractivity contribution in [3.63, 3.8) is 0 Å². The Balaban J connectivity index is 0.00000338. The fourth-order valence-corrected chi connectivity index (χ4v) is 5.65. The van der Waals surface area contributed by atoms with E-state index in [1.54, 1.807) is 0 Å². The maximum Gasteiger partial charge on any atom is 0.457 e. The van der Waals surface area contributed by atoms with Gasteiger partial charge in [0.1, 0.15) is 5.60 Å². The van der Waals surface area contributed by atoms with Crippen LogP contribution in [0.25, 0.3) is 0 Å². The molecule has 0 aliphatic carbocycles. The lowest BCUT2D eigenvalue weighted by atomic mass is 9.62. The molecule has 0 bridgehead atoms. The Morgan fingerprint density at radius 1 is 0.977 bits per heavy atom. The highest BCUT2D eigenvalue weighted by molar-refractivity contribution is 6.45. The standard InChI is InChI=1S/C32H54BNO4.CHNO.2CH4/c1-28(2,3)32(11,19-14-15-21-33-37-30(7,8)31(9,10)38-33)20-18-26-22-24-16-12-13-17-25(24)23-34(26)27(35)36-29(4,5)6;2-1-3;;/h12-13,16-17,26H,14-15,18-23H2,1-11H3;2H;2*1H4. The monoisotopic (exact) mass is 602 g/mol. The van der Waals surface area contributed by atoms with Crippen molar-refractivity contribution in [2.24, 2.45) is 10.8 Å². The highest BCUT2D eigenvalue weighted by Crippen LogP contribution is 2.47. The van der Waals surface area contributed by atoms with Gasteiger partial charge in [-0.3, -0.25) is 0 Å². The lowest BCUT2D eigenvalue weighted by Crippen LogP contribution is -2.47. The van der Waals surface area contributed by atoms with Crippen molar-refractivity contribution in [1.29, 1.82) is 5.41 Å². The second-order valence-electron chi connectivity index (χ2n) is 15.1. The van der Waals surface area contributed by atoms with E-state index < -0.39 is 5.60 Å². The molecule has 0 aromatic heterocycles. The van der Waals surface area contributed by atoms with E-state index in [2.05, 4.69) is 79.7 Å². The summed E-state index contributed by atoms with van der Waals surface area (Å²) in [7, 11) is -0.120. The number of hydrogen-bond acceptors (Lipinski definition) is 6. The molecule has 246 valence electrons. The summed E-state index contributed by atoms with van der Waals surface area (Å²) in [4.78, 5) is 23.6. The van der Waals surface area contributed by atoms with Crippen LogP contribution in [0.1, 0.15) is 134 Å². The summed E-state index contributed by atoms with van der Waals surface area (Å²) in [5.74, 6) is 0. The fourth-order valence-electron chi connectivity index (χ4n) is 5.65. The Kier molecular flexibility index (Phi) is 14.9. The molecule has 2 aliphatic rings. The normalized spacial score (nSPS) is 20.2. The summed E-state index contributed by atoms with van der Waals surface area (Å²) in [6, 6.07) is 8.67. The number of nitrogens with zero attached hydrogens (tertiary/aromatic N) is 1. The molecule has 0 spiro atoms. The van der Waals surface area contributed by atoms with Crippen molar-refractivity contribution in [2.45, 2.75) is 165 Å². The topological polar surface area (TPSA) is 88.9 Å². The van der Waals surface area contributed by atoms with E-state index >= 15 is 0 Å². The summed E-state index contributed by atoms with van der Waals surface area (Å²) < 4.78 is 18.3. The van der Waals surface area contributed by atoms with Crippen LogP contribution < -0.4 is 0 Å². The van der Waals surface area contributed by atoms with Gasteiger partial charge in [-0.25, -0.2) is 15.0 Å². The zero-order valence-corrected chi connectivity index (χ0v) is 27.6. The van der Waals surface area contributed by atoms with Gasteiger partial charge in [-0.05, 0) is 102 Å². The van der Waals surface area contributed by atoms with Crippen LogP contribution in [0.3, 0.4) is 0 Å². The molecule has 2 aliphatic heterocycles. The van der Waals surface area contributed by atoms with Gasteiger partial charge in [0, 0.05) is 12.6 Å². The molecule has 1 aromatic carbocycles. The van der Waals surface area contributed by atoms with Crippen molar-refractivity contribution in [3.05, 3.63) is 35.4 Å². The molecule has 7 nitrogen and oxygen atoms in total. The molecule has 0 saturated carbocycles. The van der Waals surface area contributed by atoms with Gasteiger partial charge in [-0.1, -0.05) is 79.7 Å². The van der Waals surface area contributed by atoms with Gasteiger partial charge in [-0.15, -0.1) is 0 Å². The molecule has 2 unspecified atom stereocenters. The average molecular weight is 603 g/mol. The molecule has 1 aromatic rings. The fraction of sp³-hybridized carbons (Fsp3) is 0.771. The van der Waals surface area contributed by atoms with E-state index in [-0.39, 0.29) is 56.1 Å². The summed E-state index contributed by atoms with van der Waals surface area (Å²) in [5, 5.41) is 5.40. The highest BCUT2D eigenvalue weighted by Gasteiger charge is 2.50. The smallest absolute Gasteiger partial charge is 0.444 e. The number of unbranched alkanes of at least 4 members (excludes halogenated alkanes) is 1. The number of hydrogen-bond donors (Lipinski definition) is 1. The number of rotatable bonds is 8. The summed E-state index contributed by atoms with van der Waals surface area (Å²) in [5.41, 5.74) is 1.86. The SMILES string of the molecule is C.C.CC(C)(C)OC(=O)N1Cc2ccccc2CC1CCC(C)(CCCCB1OC(C)(C)C(C)(C)O1)C(C)(C)C.N=C=O. The minimum absolute atomic E-state index is 0. The number of isocyanates is 1. The summed E-state index contributed by atoms with van der Waals surface area (Å²) >= 11 is 0. The predicted molar refractivity (Wildman–Crippen MR) is 179 cm³/mol. The van der Waals surface area contributed by atoms with Gasteiger partial charge in [0.2, 0.25) is 6.08 Å². The lowest BCUT2D eigenvalue weighted by Gasteiger charge is -2.45. The van der Waals surface area contributed by atoms with E-state index in [0.29, 0.717) is 6.54 Å². The molecular formula is C35H63BN2O5. The number of amides is 1. The zero-order valence-electron chi connectivity index (χ0n) is 27.6. The molecule has 1 fully saturated rings. The number of benzene rings is 1. The average Bonchev–Trinajstić information content (AvgIpc) is 3.04. The maximum absolute atomic E-state index is 13.3. The third-order valence-corrected chi connectivity index (χ3v) is 9.54. The number of fused-ring (bicyclic) bond motifs is 1. The number of carbonyl (C=O) groups is 1. The van der Waals surface area contributed by atoms with E-state index in [4.69, 9.17) is 24.2 Å². The molecular weight excluding hydrogens is 539 g/mol. The van der Waals surface area contributed by atoms with E-state index in [0.717, 1.165) is 50.9 Å². The van der Waals surface area contributed by atoms with Crippen LogP contribution in [0, 0.1) is 16.2 Å². The van der Waals surface area contributed by atoms with Gasteiger partial charge in [0.15, 0.2) is 0 Å². The first-order valence-corrected chi connectivity index (χ1v) is 15.2. The Morgan fingerprint density at radius 2 is 1.49 bits per heavy atom. The molecule has 2 heterocycles. The van der Waals surface area contributed by atoms with Crippen LogP contribution in [-0.2, 0) is 31.8 Å². The van der Waals surface area contributed by atoms with Crippen LogP contribution in [0.15, 0.2) is 24.3 Å². The molecule has 8 heteroatoms. The minimum atomic E-state index is -0.504. The summed E-state index contributed by atoms with van der Waals surface area (Å²) in [6.07, 6.45) is 7.78. The molecule has 1 saturated heterocycles. The predicted octanol–water partition coefficient (Wildman–Crippen LogP) is 9.62. The highest BCUT2D eigenvalue weighted by atomic mass is 16.7. The summed E-state index contributed by atoms with van der Waals surface area (Å²) in [6.45, 7) is 24.5. The Bertz CT molecular complexity index is 1040. The quantitative estimate of drug-likeness (QED) is 0.139. The second kappa shape index (κ2) is 15.7. The van der Waals surface area contributed by atoms with Gasteiger partial charge in [0.25, 0.3) is 0 Å². The molecule has 0 radical (unpaired) electrons. The molecule has 2 atom stereocenters. The first-order chi connectivity index (χ1) is 18.8. The van der Waals surface area contributed by atoms with Crippen LogP contribution in [0.2, 0.25) is 6.32 Å². The Morgan fingerprint density at radius 3 is 1.98 bits per heavy atom. The molecule has 1 N–H and O–H groups in total. The molecule has 3 rings (SSSR count). The second-order valence-corrected chi connectivity index (χ2v) is 15.1. The van der Waals surface area contributed by atoms with Gasteiger partial charge < -0.3 is 18.9 Å². The van der Waals surface area contributed by atoms with Crippen LogP contribution in [0.4, 0.5) is 4.79 Å². The van der Waals surface area contributed by atoms with Gasteiger partial charge in [0.05, 0.1) is 11.2 Å². The lowest BCUT2D eigenvalue weighted by molar-refractivity contribution is 0.00578. The van der Waals surface area contributed by atoms with Crippen molar-refractivity contribution in [2.75, 3.05) is 0 Å². The minimum Gasteiger partial charge on any atom is -0.444 e. The van der Waals surface area contributed by atoms with Crippen LogP contribution >= 0.6 is 0 Å². The largest absolute Gasteiger partial charge is 0.457 e. The number of ether oxygens (including phenoxy) is 1. The number of nitrogens with one attached hydrogen (secondary N) is 1. The third-order valence-electron chi connectivity index (χ3n) is 9.54. The van der Waals surface area contributed by atoms with Gasteiger partial charge >= 0.3 is 13.2 Å². The van der Waals surface area contributed by atoms with Crippen LogP contribution in [0.5, 0.6) is 0 Å². The Labute approximate surface area is 264 Å². The molecule has 43 heavy (non-hydrogen) atoms. The maximum atomic E-state index is 13.3. The van der Waals surface area contributed by atoms with E-state index in [9.17, 15) is 4.79 Å². The number of carbonyl (C=O) groups excluding carboxylic acids is 2. The van der Waals surface area contributed by atoms with Crippen LogP contribution in [-0.4, -0.2) is 47.0 Å². The molecule has 1 amide bonds. The van der Waals surface area contributed by atoms with Crippen molar-refractivity contribution in [1.82, 2.24) is 4.90 Å². The van der Waals surface area contributed by atoms with Crippen molar-refractivity contribution in [3.8, 4) is 0 Å². The van der Waals surface area contributed by atoms with E-state index in [1.807, 2.05) is 25.7 Å². The zero-order chi connectivity index (χ0) is 31.3. The first-order valence-electron chi connectivity index (χ1n) is 15.2. The third kappa shape index (κ3) is 11.1. The van der Waals surface area contributed by atoms with Crippen molar-refractivity contribution < 1.29 is 23.6 Å². The van der Waals surface area contributed by atoms with Gasteiger partial charge in [-0.2, -0.15) is 0 Å². The van der Waals surface area contributed by atoms with E-state index in [1.165, 1.54) is 11.1 Å².